The monoisotopic (exact) mass is 446 g/mol. The van der Waals surface area contributed by atoms with E-state index in [4.69, 9.17) is 23.7 Å². The summed E-state index contributed by atoms with van der Waals surface area (Å²) in [5.41, 5.74) is 4.84. The number of nitrogens with zero attached hydrogens (tertiary/aromatic N) is 1. The van der Waals surface area contributed by atoms with Crippen molar-refractivity contribution in [2.75, 3.05) is 35.2 Å². The highest BCUT2D eigenvalue weighted by atomic mass is 16.7. The topological polar surface area (TPSA) is 74.8 Å². The molecule has 170 valence electrons. The van der Waals surface area contributed by atoms with Gasteiger partial charge in [-0.05, 0) is 59.2 Å². The van der Waals surface area contributed by atoms with Crippen LogP contribution in [0.25, 0.3) is 34.2 Å². The van der Waals surface area contributed by atoms with Crippen LogP contribution in [0.5, 0.6) is 23.0 Å². The first kappa shape index (κ1) is 22.2. The highest BCUT2D eigenvalue weighted by Crippen LogP contribution is 2.34. The molecule has 4 aromatic rings. The third kappa shape index (κ3) is 4.78. The quantitative estimate of drug-likeness (QED) is 0.347. The Labute approximate surface area is 192 Å². The Bertz CT molecular complexity index is 1280. The maximum absolute atomic E-state index is 5.55. The van der Waals surface area contributed by atoms with Crippen molar-refractivity contribution in [3.8, 4) is 34.1 Å². The van der Waals surface area contributed by atoms with Crippen LogP contribution in [0.3, 0.4) is 0 Å². The zero-order valence-electron chi connectivity index (χ0n) is 19.0. The van der Waals surface area contributed by atoms with Crippen molar-refractivity contribution in [3.63, 3.8) is 0 Å². The van der Waals surface area contributed by atoms with Gasteiger partial charge in [-0.3, -0.25) is 5.10 Å². The number of fused-ring (bicyclic) bond motifs is 1. The zero-order valence-corrected chi connectivity index (χ0v) is 19.0. The third-order valence-electron chi connectivity index (χ3n) is 5.26. The van der Waals surface area contributed by atoms with Gasteiger partial charge in [-0.25, -0.2) is 0 Å². The highest BCUT2D eigenvalue weighted by molar-refractivity contribution is 5.92. The van der Waals surface area contributed by atoms with Crippen LogP contribution < -0.4 is 18.9 Å². The molecule has 4 rings (SSSR count). The summed E-state index contributed by atoms with van der Waals surface area (Å²) < 4.78 is 26.7. The number of rotatable bonds is 9. The fraction of sp³-hybridized carbons (Fsp3) is 0.192. The number of aromatic amines is 1. The van der Waals surface area contributed by atoms with Gasteiger partial charge in [0.2, 0.25) is 0 Å². The molecule has 0 radical (unpaired) electrons. The largest absolute Gasteiger partial charge is 0.493 e. The van der Waals surface area contributed by atoms with Crippen molar-refractivity contribution in [1.29, 1.82) is 0 Å². The molecule has 0 atom stereocenters. The maximum atomic E-state index is 5.55. The Morgan fingerprint density at radius 1 is 0.727 bits per heavy atom. The average Bonchev–Trinajstić information content (AvgIpc) is 3.28. The van der Waals surface area contributed by atoms with Crippen LogP contribution in [0.1, 0.15) is 11.3 Å². The maximum Gasteiger partial charge on any atom is 0.188 e. The van der Waals surface area contributed by atoms with Gasteiger partial charge >= 0.3 is 0 Å². The molecule has 7 nitrogen and oxygen atoms in total. The van der Waals surface area contributed by atoms with Crippen molar-refractivity contribution in [2.24, 2.45) is 0 Å². The van der Waals surface area contributed by atoms with E-state index in [0.717, 1.165) is 33.3 Å². The van der Waals surface area contributed by atoms with Gasteiger partial charge in [0.1, 0.15) is 0 Å². The molecule has 3 aromatic carbocycles. The summed E-state index contributed by atoms with van der Waals surface area (Å²) in [6.45, 7) is 0.162. The molecule has 0 saturated carbocycles. The van der Waals surface area contributed by atoms with Gasteiger partial charge < -0.3 is 23.7 Å². The number of hydrogen-bond donors (Lipinski definition) is 1. The molecule has 0 aliphatic rings. The van der Waals surface area contributed by atoms with E-state index in [-0.39, 0.29) is 6.79 Å². The summed E-state index contributed by atoms with van der Waals surface area (Å²) in [4.78, 5) is 0. The predicted octanol–water partition coefficient (Wildman–Crippen LogP) is 5.41. The second-order valence-electron chi connectivity index (χ2n) is 7.23. The summed E-state index contributed by atoms with van der Waals surface area (Å²) >= 11 is 0. The number of ether oxygens (including phenoxy) is 5. The van der Waals surface area contributed by atoms with E-state index < -0.39 is 0 Å². The second-order valence-corrected chi connectivity index (χ2v) is 7.23. The Morgan fingerprint density at radius 2 is 1.42 bits per heavy atom. The van der Waals surface area contributed by atoms with Gasteiger partial charge in [0.05, 0.1) is 32.5 Å². The molecular weight excluding hydrogens is 420 g/mol. The van der Waals surface area contributed by atoms with E-state index in [1.165, 1.54) is 0 Å². The van der Waals surface area contributed by atoms with Crippen molar-refractivity contribution in [1.82, 2.24) is 10.2 Å². The molecular formula is C26H26N2O5. The van der Waals surface area contributed by atoms with E-state index in [1.54, 1.807) is 28.4 Å². The van der Waals surface area contributed by atoms with E-state index in [2.05, 4.69) is 28.4 Å². The minimum Gasteiger partial charge on any atom is -0.493 e. The molecule has 0 amide bonds. The van der Waals surface area contributed by atoms with Crippen molar-refractivity contribution in [3.05, 3.63) is 65.9 Å². The predicted molar refractivity (Wildman–Crippen MR) is 129 cm³/mol. The van der Waals surface area contributed by atoms with Gasteiger partial charge in [-0.15, -0.1) is 0 Å². The van der Waals surface area contributed by atoms with Crippen LogP contribution in [0.4, 0.5) is 0 Å². The van der Waals surface area contributed by atoms with Gasteiger partial charge in [0.25, 0.3) is 0 Å². The molecule has 33 heavy (non-hydrogen) atoms. The average molecular weight is 447 g/mol. The number of methoxy groups -OCH3 is 4. The van der Waals surface area contributed by atoms with Gasteiger partial charge in [0, 0.05) is 12.5 Å². The van der Waals surface area contributed by atoms with Crippen LogP contribution in [-0.2, 0) is 4.74 Å². The first-order chi connectivity index (χ1) is 16.2. The fourth-order valence-electron chi connectivity index (χ4n) is 3.57. The highest BCUT2D eigenvalue weighted by Gasteiger charge is 2.10. The second kappa shape index (κ2) is 10.1. The molecule has 7 heteroatoms. The first-order valence-electron chi connectivity index (χ1n) is 10.3. The standard InChI is InChI=1S/C26H26N2O5/c1-29-16-33-24-12-8-19(15-26(24)32-4)18-7-9-20-21(27-28-22(20)14-18)10-5-17-6-11-23(30-2)25(13-17)31-3/h5-15H,16H2,1-4H3,(H,27,28). The number of aromatic nitrogens is 2. The van der Waals surface area contributed by atoms with Gasteiger partial charge in [0.15, 0.2) is 29.8 Å². The van der Waals surface area contributed by atoms with Crippen LogP contribution in [0.15, 0.2) is 54.6 Å². The lowest BCUT2D eigenvalue weighted by molar-refractivity contribution is 0.0492. The Hall–Kier alpha value is -3.97. The Morgan fingerprint density at radius 3 is 2.18 bits per heavy atom. The SMILES string of the molecule is COCOc1ccc(-c2ccc3c(C=Cc4ccc(OC)c(OC)c4)n[nH]c3c2)cc1OC. The molecule has 0 bridgehead atoms. The smallest absolute Gasteiger partial charge is 0.188 e. The number of hydrogen-bond acceptors (Lipinski definition) is 6. The molecule has 0 fully saturated rings. The van der Waals surface area contributed by atoms with E-state index in [1.807, 2.05) is 48.6 Å². The number of nitrogens with one attached hydrogen (secondary N) is 1. The fourth-order valence-corrected chi connectivity index (χ4v) is 3.57. The molecule has 1 N–H and O–H groups in total. The first-order valence-corrected chi connectivity index (χ1v) is 10.3. The summed E-state index contributed by atoms with van der Waals surface area (Å²) in [7, 11) is 6.45. The molecule has 0 saturated heterocycles. The van der Waals surface area contributed by atoms with Gasteiger partial charge in [-0.2, -0.15) is 5.10 Å². The molecule has 0 spiro atoms. The molecule has 1 aromatic heterocycles. The normalized spacial score (nSPS) is 11.2. The van der Waals surface area contributed by atoms with Crippen LogP contribution >= 0.6 is 0 Å². The van der Waals surface area contributed by atoms with Crippen molar-refractivity contribution >= 4 is 23.1 Å². The van der Waals surface area contributed by atoms with E-state index in [0.29, 0.717) is 23.0 Å². The summed E-state index contributed by atoms with van der Waals surface area (Å²) in [6, 6.07) is 17.8. The summed E-state index contributed by atoms with van der Waals surface area (Å²) in [5.74, 6) is 2.66. The Kier molecular flexibility index (Phi) is 6.80. The van der Waals surface area contributed by atoms with Crippen LogP contribution in [-0.4, -0.2) is 45.4 Å². The minimum atomic E-state index is 0.162. The van der Waals surface area contributed by atoms with E-state index >= 15 is 0 Å². The Balaban J connectivity index is 1.60. The van der Waals surface area contributed by atoms with Crippen molar-refractivity contribution < 1.29 is 23.7 Å². The van der Waals surface area contributed by atoms with Crippen LogP contribution in [0, 0.1) is 0 Å². The third-order valence-corrected chi connectivity index (χ3v) is 5.26. The summed E-state index contributed by atoms with van der Waals surface area (Å²) in [6.07, 6.45) is 3.97. The van der Waals surface area contributed by atoms with Crippen molar-refractivity contribution in [2.45, 2.75) is 0 Å². The lowest BCUT2D eigenvalue weighted by atomic mass is 10.0. The minimum absolute atomic E-state index is 0.162. The molecule has 1 heterocycles. The lowest BCUT2D eigenvalue weighted by Crippen LogP contribution is -2.00. The summed E-state index contributed by atoms with van der Waals surface area (Å²) in [5, 5.41) is 8.63. The molecule has 0 aliphatic heterocycles. The van der Waals surface area contributed by atoms with E-state index in [9.17, 15) is 0 Å². The van der Waals surface area contributed by atoms with Crippen LogP contribution in [0.2, 0.25) is 0 Å². The lowest BCUT2D eigenvalue weighted by Gasteiger charge is -2.11. The van der Waals surface area contributed by atoms with Gasteiger partial charge in [-0.1, -0.05) is 24.3 Å². The molecule has 0 aliphatic carbocycles. The zero-order chi connectivity index (χ0) is 23.2. The number of H-pyrrole nitrogens is 1. The number of benzene rings is 3. The molecule has 0 unspecified atom stereocenters.